The van der Waals surface area contributed by atoms with Crippen molar-refractivity contribution in [2.24, 2.45) is 0 Å². The lowest BCUT2D eigenvalue weighted by atomic mass is 10.1. The fraction of sp³-hybridized carbons (Fsp3) is 0.217. The van der Waals surface area contributed by atoms with Crippen molar-refractivity contribution >= 4 is 17.6 Å². The second-order valence-corrected chi connectivity index (χ2v) is 7.70. The minimum Gasteiger partial charge on any atom is -0.336 e. The number of halogens is 2. The van der Waals surface area contributed by atoms with Gasteiger partial charge in [-0.25, -0.2) is 13.8 Å². The van der Waals surface area contributed by atoms with Crippen molar-refractivity contribution < 1.29 is 13.6 Å². The molecule has 9 heteroatoms. The van der Waals surface area contributed by atoms with Gasteiger partial charge in [-0.2, -0.15) is 9.50 Å². The first kappa shape index (κ1) is 20.0. The first-order valence-electron chi connectivity index (χ1n) is 10.3. The molecule has 7 nitrogen and oxygen atoms in total. The summed E-state index contributed by atoms with van der Waals surface area (Å²) in [5.74, 6) is -1.37. The molecule has 0 N–H and O–H groups in total. The van der Waals surface area contributed by atoms with E-state index in [1.54, 1.807) is 10.7 Å². The zero-order valence-electron chi connectivity index (χ0n) is 17.4. The summed E-state index contributed by atoms with van der Waals surface area (Å²) in [4.78, 5) is 24.9. The number of carbonyl (C=O) groups excluding carboxylic acids is 1. The second-order valence-electron chi connectivity index (χ2n) is 7.70. The molecule has 0 unspecified atom stereocenters. The second kappa shape index (κ2) is 7.99. The summed E-state index contributed by atoms with van der Waals surface area (Å²) in [5, 5.41) is 4.64. The standard InChI is InChI=1S/C23H20F2N6O/c1-15-4-2-5-16(14-15)19-8-9-26-22-27-23(28-31(19)22)30-12-10-29(11-13-30)21(32)20-17(24)6-3-7-18(20)25/h2-9,14H,10-13H2,1H3. The molecule has 4 aromatic rings. The molecule has 0 atom stereocenters. The van der Waals surface area contributed by atoms with Crippen LogP contribution in [0, 0.1) is 18.6 Å². The van der Waals surface area contributed by atoms with Crippen molar-refractivity contribution in [3.8, 4) is 11.3 Å². The van der Waals surface area contributed by atoms with Gasteiger partial charge in [0.2, 0.25) is 5.95 Å². The highest BCUT2D eigenvalue weighted by molar-refractivity contribution is 5.95. The number of aromatic nitrogens is 4. The molecule has 1 saturated heterocycles. The van der Waals surface area contributed by atoms with Crippen molar-refractivity contribution in [2.75, 3.05) is 31.1 Å². The molecule has 162 valence electrons. The Morgan fingerprint density at radius 1 is 0.969 bits per heavy atom. The lowest BCUT2D eigenvalue weighted by Crippen LogP contribution is -2.49. The van der Waals surface area contributed by atoms with E-state index in [2.05, 4.69) is 21.1 Å². The Labute approximate surface area is 182 Å². The molecule has 5 rings (SSSR count). The Kier molecular flexibility index (Phi) is 5.01. The monoisotopic (exact) mass is 434 g/mol. The fourth-order valence-corrected chi connectivity index (χ4v) is 3.91. The van der Waals surface area contributed by atoms with Crippen molar-refractivity contribution in [3.05, 3.63) is 77.5 Å². The Morgan fingerprint density at radius 3 is 2.41 bits per heavy atom. The van der Waals surface area contributed by atoms with Crippen LogP contribution in [0.5, 0.6) is 0 Å². The lowest BCUT2D eigenvalue weighted by molar-refractivity contribution is 0.0736. The van der Waals surface area contributed by atoms with Gasteiger partial charge in [-0.3, -0.25) is 4.79 Å². The third kappa shape index (κ3) is 3.55. The SMILES string of the molecule is Cc1cccc(-c2ccnc3nc(N4CCN(C(=O)c5c(F)cccc5F)CC4)nn23)c1. The molecule has 2 aromatic carbocycles. The average molecular weight is 434 g/mol. The van der Waals surface area contributed by atoms with Gasteiger partial charge in [-0.15, -0.1) is 5.10 Å². The first-order chi connectivity index (χ1) is 15.5. The van der Waals surface area contributed by atoms with E-state index in [0.717, 1.165) is 29.0 Å². The zero-order chi connectivity index (χ0) is 22.2. The lowest BCUT2D eigenvalue weighted by Gasteiger charge is -2.34. The molecule has 0 spiro atoms. The largest absolute Gasteiger partial charge is 0.336 e. The minimum absolute atomic E-state index is 0.306. The van der Waals surface area contributed by atoms with Gasteiger partial charge >= 0.3 is 0 Å². The van der Waals surface area contributed by atoms with Crippen LogP contribution in [0.2, 0.25) is 0 Å². The maximum atomic E-state index is 14.0. The Balaban J connectivity index is 1.37. The third-order valence-electron chi connectivity index (χ3n) is 5.57. The summed E-state index contributed by atoms with van der Waals surface area (Å²) >= 11 is 0. The smallest absolute Gasteiger partial charge is 0.259 e. The number of amides is 1. The summed E-state index contributed by atoms with van der Waals surface area (Å²) in [6, 6.07) is 13.4. The van der Waals surface area contributed by atoms with Crippen molar-refractivity contribution in [1.29, 1.82) is 0 Å². The molecule has 1 aliphatic rings. The van der Waals surface area contributed by atoms with Gasteiger partial charge in [-0.1, -0.05) is 29.8 Å². The van der Waals surface area contributed by atoms with Gasteiger partial charge in [0.15, 0.2) is 0 Å². The highest BCUT2D eigenvalue weighted by atomic mass is 19.1. The van der Waals surface area contributed by atoms with E-state index in [1.165, 1.54) is 11.0 Å². The Bertz CT molecular complexity index is 1290. The summed E-state index contributed by atoms with van der Waals surface area (Å²) in [7, 11) is 0. The number of hydrogen-bond donors (Lipinski definition) is 0. The van der Waals surface area contributed by atoms with Gasteiger partial charge in [0.05, 0.1) is 5.69 Å². The van der Waals surface area contributed by atoms with Crippen LogP contribution < -0.4 is 4.90 Å². The number of carbonyl (C=O) groups is 1. The Hall–Kier alpha value is -3.88. The molecule has 0 saturated carbocycles. The molecule has 0 bridgehead atoms. The minimum atomic E-state index is -0.853. The number of benzene rings is 2. The first-order valence-corrected chi connectivity index (χ1v) is 10.3. The number of anilines is 1. The predicted molar refractivity (Wildman–Crippen MR) is 115 cm³/mol. The van der Waals surface area contributed by atoms with E-state index >= 15 is 0 Å². The molecule has 1 aliphatic heterocycles. The van der Waals surface area contributed by atoms with Crippen LogP contribution in [0.15, 0.2) is 54.7 Å². The number of hydrogen-bond acceptors (Lipinski definition) is 5. The topological polar surface area (TPSA) is 66.6 Å². The molecule has 3 heterocycles. The van der Waals surface area contributed by atoms with Gasteiger partial charge in [0.1, 0.15) is 17.2 Å². The third-order valence-corrected chi connectivity index (χ3v) is 5.57. The molecule has 32 heavy (non-hydrogen) atoms. The van der Waals surface area contributed by atoms with E-state index < -0.39 is 23.1 Å². The average Bonchev–Trinajstić information content (AvgIpc) is 3.23. The molecule has 1 fully saturated rings. The summed E-state index contributed by atoms with van der Waals surface area (Å²) in [6.45, 7) is 3.53. The van der Waals surface area contributed by atoms with Crippen LogP contribution >= 0.6 is 0 Å². The summed E-state index contributed by atoms with van der Waals surface area (Å²) in [5.41, 5.74) is 2.51. The number of fused-ring (bicyclic) bond motifs is 1. The number of piperazine rings is 1. The van der Waals surface area contributed by atoms with E-state index in [-0.39, 0.29) is 0 Å². The quantitative estimate of drug-likeness (QED) is 0.495. The highest BCUT2D eigenvalue weighted by Gasteiger charge is 2.28. The van der Waals surface area contributed by atoms with Crippen molar-refractivity contribution in [2.45, 2.75) is 6.92 Å². The number of aryl methyl sites for hydroxylation is 1. The van der Waals surface area contributed by atoms with Gasteiger partial charge in [0.25, 0.3) is 11.7 Å². The maximum Gasteiger partial charge on any atom is 0.259 e. The van der Waals surface area contributed by atoms with Crippen LogP contribution in [-0.2, 0) is 0 Å². The molecular weight excluding hydrogens is 414 g/mol. The molecular formula is C23H20F2N6O. The van der Waals surface area contributed by atoms with Crippen LogP contribution in [0.3, 0.4) is 0 Å². The summed E-state index contributed by atoms with van der Waals surface area (Å²) < 4.78 is 29.7. The molecule has 1 amide bonds. The van der Waals surface area contributed by atoms with Gasteiger partial charge in [0, 0.05) is 37.9 Å². The highest BCUT2D eigenvalue weighted by Crippen LogP contribution is 2.23. The molecule has 0 radical (unpaired) electrons. The molecule has 0 aliphatic carbocycles. The van der Waals surface area contributed by atoms with Gasteiger partial charge in [-0.05, 0) is 31.2 Å². The van der Waals surface area contributed by atoms with E-state index in [4.69, 9.17) is 0 Å². The fourth-order valence-electron chi connectivity index (χ4n) is 3.91. The van der Waals surface area contributed by atoms with E-state index in [1.807, 2.05) is 36.1 Å². The van der Waals surface area contributed by atoms with Crippen LogP contribution in [0.25, 0.3) is 17.0 Å². The van der Waals surface area contributed by atoms with E-state index in [9.17, 15) is 13.6 Å². The van der Waals surface area contributed by atoms with Crippen LogP contribution in [0.1, 0.15) is 15.9 Å². The van der Waals surface area contributed by atoms with Gasteiger partial charge < -0.3 is 9.80 Å². The molecule has 2 aromatic heterocycles. The van der Waals surface area contributed by atoms with Crippen LogP contribution in [0.4, 0.5) is 14.7 Å². The normalized spacial score (nSPS) is 14.2. The summed E-state index contributed by atoms with van der Waals surface area (Å²) in [6.07, 6.45) is 1.70. The predicted octanol–water partition coefficient (Wildman–Crippen LogP) is 3.34. The maximum absolute atomic E-state index is 14.0. The Morgan fingerprint density at radius 2 is 1.69 bits per heavy atom. The number of nitrogens with zero attached hydrogens (tertiary/aromatic N) is 6. The van der Waals surface area contributed by atoms with Crippen molar-refractivity contribution in [3.63, 3.8) is 0 Å². The zero-order valence-corrected chi connectivity index (χ0v) is 17.4. The van der Waals surface area contributed by atoms with Crippen LogP contribution in [-0.4, -0.2) is 56.6 Å². The number of rotatable bonds is 3. The van der Waals surface area contributed by atoms with E-state index in [0.29, 0.717) is 37.9 Å². The van der Waals surface area contributed by atoms with Crippen molar-refractivity contribution in [1.82, 2.24) is 24.5 Å².